The van der Waals surface area contributed by atoms with Crippen LogP contribution in [0.3, 0.4) is 0 Å². The summed E-state index contributed by atoms with van der Waals surface area (Å²) in [7, 11) is 0. The summed E-state index contributed by atoms with van der Waals surface area (Å²) in [6.07, 6.45) is 0.639. The molecule has 1 aliphatic heterocycles. The van der Waals surface area contributed by atoms with E-state index in [4.69, 9.17) is 0 Å². The quantitative estimate of drug-likeness (QED) is 0.838. The van der Waals surface area contributed by atoms with Crippen LogP contribution in [-0.4, -0.2) is 46.7 Å². The Kier molecular flexibility index (Phi) is 4.43. The number of aryl methyl sites for hydroxylation is 2. The zero-order valence-corrected chi connectivity index (χ0v) is 14.1. The third kappa shape index (κ3) is 3.47. The van der Waals surface area contributed by atoms with Gasteiger partial charge in [0.25, 0.3) is 5.56 Å². The van der Waals surface area contributed by atoms with E-state index in [9.17, 15) is 18.8 Å². The third-order valence-electron chi connectivity index (χ3n) is 4.23. The number of nitrogens with one attached hydrogen (secondary N) is 1. The van der Waals surface area contributed by atoms with Crippen molar-refractivity contribution in [1.29, 1.82) is 0 Å². The van der Waals surface area contributed by atoms with Crippen molar-refractivity contribution in [3.05, 3.63) is 62.2 Å². The van der Waals surface area contributed by atoms with Gasteiger partial charge in [-0.15, -0.1) is 0 Å². The Bertz CT molecular complexity index is 906. The fraction of sp³-hybridized carbons (Fsp3) is 0.353. The molecule has 1 saturated heterocycles. The number of anilines is 1. The maximum atomic E-state index is 13.4. The predicted octanol–water partition coefficient (Wildman–Crippen LogP) is 1.08. The smallest absolute Gasteiger partial charge is 0.336 e. The Hall–Kier alpha value is -2.90. The fourth-order valence-electron chi connectivity index (χ4n) is 3.03. The molecule has 3 rings (SSSR count). The Labute approximate surface area is 143 Å². The summed E-state index contributed by atoms with van der Waals surface area (Å²) in [5.41, 5.74) is 1.37. The molecule has 1 aromatic carbocycles. The summed E-state index contributed by atoms with van der Waals surface area (Å²) in [6, 6.07) is 5.64. The van der Waals surface area contributed by atoms with E-state index in [0.29, 0.717) is 36.9 Å². The summed E-state index contributed by atoms with van der Waals surface area (Å²) in [4.78, 5) is 40.6. The Morgan fingerprint density at radius 2 is 1.64 bits per heavy atom. The van der Waals surface area contributed by atoms with Crippen molar-refractivity contribution >= 4 is 11.7 Å². The fourth-order valence-corrected chi connectivity index (χ4v) is 3.03. The van der Waals surface area contributed by atoms with Gasteiger partial charge in [-0.25, -0.2) is 14.2 Å². The highest BCUT2D eigenvalue weighted by Crippen LogP contribution is 2.20. The molecular weight excluding hydrogens is 327 g/mol. The average molecular weight is 346 g/mol. The predicted molar refractivity (Wildman–Crippen MR) is 91.8 cm³/mol. The van der Waals surface area contributed by atoms with Gasteiger partial charge >= 0.3 is 11.7 Å². The maximum Gasteiger partial charge on any atom is 0.336 e. The molecule has 0 saturated carbocycles. The van der Waals surface area contributed by atoms with Gasteiger partial charge in [0.15, 0.2) is 0 Å². The van der Waals surface area contributed by atoms with Crippen molar-refractivity contribution < 1.29 is 9.18 Å². The molecule has 8 heteroatoms. The Morgan fingerprint density at radius 1 is 1.04 bits per heavy atom. The number of hydrogen-bond donors (Lipinski definition) is 1. The molecule has 1 fully saturated rings. The van der Waals surface area contributed by atoms with Crippen LogP contribution in [0.2, 0.25) is 0 Å². The molecule has 25 heavy (non-hydrogen) atoms. The van der Waals surface area contributed by atoms with Gasteiger partial charge in [0, 0.05) is 31.9 Å². The summed E-state index contributed by atoms with van der Waals surface area (Å²) >= 11 is 0. The van der Waals surface area contributed by atoms with Crippen molar-refractivity contribution in [2.75, 3.05) is 31.1 Å². The summed E-state index contributed by atoms with van der Waals surface area (Å²) < 4.78 is 14.0. The van der Waals surface area contributed by atoms with E-state index in [-0.39, 0.29) is 0 Å². The second-order valence-corrected chi connectivity index (χ2v) is 6.21. The minimum atomic E-state index is -1.16. The minimum absolute atomic E-state index is 0.402. The minimum Gasteiger partial charge on any atom is -0.368 e. The molecule has 0 radical (unpaired) electrons. The van der Waals surface area contributed by atoms with Gasteiger partial charge in [0.05, 0.1) is 6.20 Å². The molecule has 0 spiro atoms. The summed E-state index contributed by atoms with van der Waals surface area (Å²) in [5, 5.41) is 0. The van der Waals surface area contributed by atoms with E-state index in [1.54, 1.807) is 4.98 Å². The molecule has 1 amide bonds. The van der Waals surface area contributed by atoms with Gasteiger partial charge < -0.3 is 9.80 Å². The molecule has 1 aliphatic rings. The molecule has 2 aromatic rings. The van der Waals surface area contributed by atoms with Gasteiger partial charge in [-0.1, -0.05) is 6.07 Å². The molecule has 1 aromatic heterocycles. The molecule has 0 bridgehead atoms. The van der Waals surface area contributed by atoms with E-state index >= 15 is 0 Å². The number of carbonyl (C=O) groups excluding carboxylic acids is 1. The Morgan fingerprint density at radius 3 is 2.24 bits per heavy atom. The van der Waals surface area contributed by atoms with Gasteiger partial charge in [-0.2, -0.15) is 4.39 Å². The van der Waals surface area contributed by atoms with E-state index in [1.807, 2.05) is 13.8 Å². The lowest BCUT2D eigenvalue weighted by atomic mass is 10.1. The van der Waals surface area contributed by atoms with Crippen LogP contribution in [-0.2, 0) is 0 Å². The number of hydrogen-bond acceptors (Lipinski definition) is 4. The van der Waals surface area contributed by atoms with Crippen molar-refractivity contribution in [2.45, 2.75) is 13.8 Å². The third-order valence-corrected chi connectivity index (χ3v) is 4.23. The molecule has 132 valence electrons. The van der Waals surface area contributed by atoms with Crippen molar-refractivity contribution in [2.24, 2.45) is 0 Å². The highest BCUT2D eigenvalue weighted by molar-refractivity contribution is 5.77. The van der Waals surface area contributed by atoms with Gasteiger partial charge in [-0.05, 0) is 37.1 Å². The average Bonchev–Trinajstić information content (AvgIpc) is 2.57. The molecule has 7 nitrogen and oxygen atoms in total. The van der Waals surface area contributed by atoms with Gasteiger partial charge in [0.2, 0.25) is 5.82 Å². The summed E-state index contributed by atoms with van der Waals surface area (Å²) in [6.45, 7) is 6.09. The van der Waals surface area contributed by atoms with Crippen LogP contribution in [0.25, 0.3) is 0 Å². The second kappa shape index (κ2) is 6.54. The lowest BCUT2D eigenvalue weighted by Gasteiger charge is -2.36. The molecule has 0 unspecified atom stereocenters. The van der Waals surface area contributed by atoms with E-state index in [1.165, 1.54) is 16.0 Å². The topological polar surface area (TPSA) is 78.4 Å². The summed E-state index contributed by atoms with van der Waals surface area (Å²) in [5.74, 6) is -1.16. The lowest BCUT2D eigenvalue weighted by Crippen LogP contribution is -2.52. The number of piperazine rings is 1. The van der Waals surface area contributed by atoms with Gasteiger partial charge in [0.1, 0.15) is 0 Å². The van der Waals surface area contributed by atoms with Crippen LogP contribution in [0.1, 0.15) is 11.1 Å². The molecule has 0 atom stereocenters. The molecule has 1 N–H and O–H groups in total. The highest BCUT2D eigenvalue weighted by atomic mass is 19.1. The van der Waals surface area contributed by atoms with Crippen molar-refractivity contribution in [3.8, 4) is 0 Å². The first-order valence-corrected chi connectivity index (χ1v) is 7.99. The lowest BCUT2D eigenvalue weighted by molar-refractivity contribution is 0.194. The van der Waals surface area contributed by atoms with Crippen LogP contribution < -0.4 is 16.1 Å². The first kappa shape index (κ1) is 16.9. The number of aromatic amines is 1. The van der Waals surface area contributed by atoms with Crippen LogP contribution >= 0.6 is 0 Å². The van der Waals surface area contributed by atoms with Crippen LogP contribution in [0.5, 0.6) is 0 Å². The number of amides is 1. The SMILES string of the molecule is Cc1cc(C)cc(N2CCN(C(=O)n3cc(F)c(=O)[nH]c3=O)CC2)c1. The van der Waals surface area contributed by atoms with E-state index < -0.39 is 23.1 Å². The van der Waals surface area contributed by atoms with Crippen LogP contribution in [0.4, 0.5) is 14.9 Å². The monoisotopic (exact) mass is 346 g/mol. The van der Waals surface area contributed by atoms with Crippen molar-refractivity contribution in [3.63, 3.8) is 0 Å². The number of nitrogens with zero attached hydrogens (tertiary/aromatic N) is 3. The maximum absolute atomic E-state index is 13.4. The number of aromatic nitrogens is 2. The van der Waals surface area contributed by atoms with E-state index in [2.05, 4.69) is 23.1 Å². The van der Waals surface area contributed by atoms with Crippen LogP contribution in [0, 0.1) is 19.7 Å². The number of rotatable bonds is 1. The molecular formula is C17H19FN4O3. The largest absolute Gasteiger partial charge is 0.368 e. The van der Waals surface area contributed by atoms with Crippen molar-refractivity contribution in [1.82, 2.24) is 14.5 Å². The number of carbonyl (C=O) groups is 1. The standard InChI is InChI=1S/C17H19FN4O3/c1-11-7-12(2)9-13(8-11)20-3-5-21(6-4-20)17(25)22-10-14(18)15(23)19-16(22)24/h7-10H,3-6H2,1-2H3,(H,19,23,24). The number of halogens is 1. The molecule has 0 aliphatic carbocycles. The highest BCUT2D eigenvalue weighted by Gasteiger charge is 2.24. The molecule has 2 heterocycles. The zero-order chi connectivity index (χ0) is 18.1. The number of H-pyrrole nitrogens is 1. The number of benzene rings is 1. The van der Waals surface area contributed by atoms with E-state index in [0.717, 1.165) is 5.69 Å². The zero-order valence-electron chi connectivity index (χ0n) is 14.1. The van der Waals surface area contributed by atoms with Gasteiger partial charge in [-0.3, -0.25) is 9.78 Å². The normalized spacial score (nSPS) is 14.7. The Balaban J connectivity index is 1.74. The van der Waals surface area contributed by atoms with Crippen LogP contribution in [0.15, 0.2) is 34.0 Å². The first-order valence-electron chi connectivity index (χ1n) is 7.99. The first-order chi connectivity index (χ1) is 11.8. The second-order valence-electron chi connectivity index (χ2n) is 6.21.